The molecular weight excluding hydrogens is 240 g/mol. The van der Waals surface area contributed by atoms with Crippen LogP contribution in [0.2, 0.25) is 0 Å². The molecule has 1 atom stereocenters. The van der Waals surface area contributed by atoms with Crippen LogP contribution < -0.4 is 5.73 Å². The number of aliphatic hydroxyl groups excluding tert-OH is 1. The third kappa shape index (κ3) is 3.47. The molecule has 0 aliphatic heterocycles. The predicted molar refractivity (Wildman–Crippen MR) is 60.2 cm³/mol. The zero-order chi connectivity index (χ0) is 10.6. The van der Waals surface area contributed by atoms with E-state index in [0.717, 1.165) is 10.0 Å². The number of nitrogens with one attached hydrogen (secondary N) is 1. The molecule has 1 aromatic rings. The number of amidine groups is 1. The summed E-state index contributed by atoms with van der Waals surface area (Å²) in [5.74, 6) is 0.110. The van der Waals surface area contributed by atoms with Crippen LogP contribution in [-0.4, -0.2) is 10.9 Å². The zero-order valence-electron chi connectivity index (χ0n) is 7.70. The fourth-order valence-corrected chi connectivity index (χ4v) is 1.59. The van der Waals surface area contributed by atoms with Crippen molar-refractivity contribution in [2.45, 2.75) is 18.9 Å². The molecule has 76 valence electrons. The molecule has 0 saturated heterocycles. The van der Waals surface area contributed by atoms with Gasteiger partial charge in [0.05, 0.1) is 11.9 Å². The summed E-state index contributed by atoms with van der Waals surface area (Å²) < 4.78 is 0.942. The van der Waals surface area contributed by atoms with Gasteiger partial charge in [0, 0.05) is 10.9 Å². The third-order valence-electron chi connectivity index (χ3n) is 1.92. The van der Waals surface area contributed by atoms with Crippen molar-refractivity contribution in [3.8, 4) is 0 Å². The van der Waals surface area contributed by atoms with Crippen molar-refractivity contribution in [1.82, 2.24) is 0 Å². The minimum Gasteiger partial charge on any atom is -0.388 e. The Labute approximate surface area is 91.6 Å². The second-order valence-corrected chi connectivity index (χ2v) is 4.05. The second-order valence-electron chi connectivity index (χ2n) is 3.13. The minimum atomic E-state index is -0.545. The van der Waals surface area contributed by atoms with E-state index < -0.39 is 6.10 Å². The van der Waals surface area contributed by atoms with Crippen LogP contribution in [0.25, 0.3) is 0 Å². The molecule has 0 aliphatic carbocycles. The number of hydrogen-bond acceptors (Lipinski definition) is 2. The molecular formula is C10H13BrN2O. The van der Waals surface area contributed by atoms with E-state index in [1.165, 1.54) is 0 Å². The van der Waals surface area contributed by atoms with E-state index in [0.29, 0.717) is 12.8 Å². The van der Waals surface area contributed by atoms with Crippen molar-refractivity contribution in [2.75, 3.05) is 0 Å². The number of benzene rings is 1. The SMILES string of the molecule is N=C(N)CC[C@H](O)c1cccc([76Br])c1. The number of hydrogen-bond donors (Lipinski definition) is 3. The van der Waals surface area contributed by atoms with Crippen LogP contribution in [0, 0.1) is 5.41 Å². The molecule has 0 aliphatic rings. The topological polar surface area (TPSA) is 70.1 Å². The second kappa shape index (κ2) is 5.12. The minimum absolute atomic E-state index is 0.110. The lowest BCUT2D eigenvalue weighted by atomic mass is 10.1. The van der Waals surface area contributed by atoms with Gasteiger partial charge in [0.1, 0.15) is 0 Å². The van der Waals surface area contributed by atoms with Crippen LogP contribution in [0.4, 0.5) is 0 Å². The maximum Gasteiger partial charge on any atom is 0.0906 e. The van der Waals surface area contributed by atoms with Crippen LogP contribution in [0.3, 0.4) is 0 Å². The Hall–Kier alpha value is -0.870. The lowest BCUT2D eigenvalue weighted by Crippen LogP contribution is -2.11. The normalized spacial score (nSPS) is 12.4. The molecule has 0 saturated carbocycles. The van der Waals surface area contributed by atoms with Gasteiger partial charge < -0.3 is 10.8 Å². The van der Waals surface area contributed by atoms with Gasteiger partial charge in [0.25, 0.3) is 0 Å². The van der Waals surface area contributed by atoms with Crippen LogP contribution in [0.5, 0.6) is 0 Å². The Morgan fingerprint density at radius 3 is 2.86 bits per heavy atom. The van der Waals surface area contributed by atoms with Crippen LogP contribution in [0.1, 0.15) is 24.5 Å². The van der Waals surface area contributed by atoms with E-state index in [-0.39, 0.29) is 5.84 Å². The lowest BCUT2D eigenvalue weighted by molar-refractivity contribution is 0.170. The van der Waals surface area contributed by atoms with Crippen molar-refractivity contribution >= 4 is 21.8 Å². The monoisotopic (exact) mass is 253 g/mol. The number of aliphatic hydroxyl groups is 1. The van der Waals surface area contributed by atoms with E-state index in [4.69, 9.17) is 11.1 Å². The van der Waals surface area contributed by atoms with E-state index >= 15 is 0 Å². The summed E-state index contributed by atoms with van der Waals surface area (Å²) in [7, 11) is 0. The number of halogens is 1. The molecule has 1 aromatic carbocycles. The van der Waals surface area contributed by atoms with Gasteiger partial charge in [-0.2, -0.15) is 0 Å². The molecule has 4 N–H and O–H groups in total. The molecule has 0 aromatic heterocycles. The maximum absolute atomic E-state index is 9.72. The average molecular weight is 253 g/mol. The fraction of sp³-hybridized carbons (Fsp3) is 0.300. The predicted octanol–water partition coefficient (Wildman–Crippen LogP) is 2.20. The standard InChI is InChI=1S/C10H13BrN2O/c11-8-3-1-2-7(6-8)9(14)4-5-10(12)13/h1-3,6,9,14H,4-5H2,(H3,12,13)/t9-/m0/s1/i11-4. The summed E-state index contributed by atoms with van der Waals surface area (Å²) in [5.41, 5.74) is 6.06. The first-order valence-corrected chi connectivity index (χ1v) is 5.15. The fourth-order valence-electron chi connectivity index (χ4n) is 1.17. The molecule has 14 heavy (non-hydrogen) atoms. The molecule has 0 heterocycles. The molecule has 0 bridgehead atoms. The van der Waals surface area contributed by atoms with E-state index in [9.17, 15) is 5.11 Å². The smallest absolute Gasteiger partial charge is 0.0906 e. The quantitative estimate of drug-likeness (QED) is 0.568. The summed E-state index contributed by atoms with van der Waals surface area (Å²) in [4.78, 5) is 0. The number of rotatable bonds is 4. The van der Waals surface area contributed by atoms with Crippen molar-refractivity contribution in [3.63, 3.8) is 0 Å². The molecule has 3 nitrogen and oxygen atoms in total. The Bertz CT molecular complexity index is 328. The van der Waals surface area contributed by atoms with Gasteiger partial charge in [-0.25, -0.2) is 0 Å². The Kier molecular flexibility index (Phi) is 4.10. The first kappa shape index (κ1) is 11.2. The summed E-state index contributed by atoms with van der Waals surface area (Å²) >= 11 is 3.33. The highest BCUT2D eigenvalue weighted by Gasteiger charge is 2.07. The van der Waals surface area contributed by atoms with Crippen LogP contribution in [0.15, 0.2) is 28.7 Å². The summed E-state index contributed by atoms with van der Waals surface area (Å²) in [6, 6.07) is 7.50. The summed E-state index contributed by atoms with van der Waals surface area (Å²) in [6.07, 6.45) is 0.371. The first-order chi connectivity index (χ1) is 6.59. The van der Waals surface area contributed by atoms with Gasteiger partial charge in [-0.1, -0.05) is 28.1 Å². The van der Waals surface area contributed by atoms with Crippen molar-refractivity contribution in [1.29, 1.82) is 5.41 Å². The molecule has 0 fully saturated rings. The third-order valence-corrected chi connectivity index (χ3v) is 2.41. The Balaban J connectivity index is 2.60. The van der Waals surface area contributed by atoms with E-state index in [2.05, 4.69) is 15.9 Å². The maximum atomic E-state index is 9.72. The Morgan fingerprint density at radius 1 is 1.57 bits per heavy atom. The van der Waals surface area contributed by atoms with Crippen molar-refractivity contribution in [2.24, 2.45) is 5.73 Å². The zero-order valence-corrected chi connectivity index (χ0v) is 9.29. The van der Waals surface area contributed by atoms with Crippen molar-refractivity contribution in [3.05, 3.63) is 34.3 Å². The summed E-state index contributed by atoms with van der Waals surface area (Å²) in [6.45, 7) is 0. The molecule has 4 heteroatoms. The van der Waals surface area contributed by atoms with Crippen LogP contribution >= 0.6 is 15.9 Å². The van der Waals surface area contributed by atoms with Crippen molar-refractivity contribution < 1.29 is 5.11 Å². The van der Waals surface area contributed by atoms with E-state index in [1.54, 1.807) is 0 Å². The van der Waals surface area contributed by atoms with Gasteiger partial charge in [-0.05, 0) is 24.1 Å². The van der Waals surface area contributed by atoms with E-state index in [1.807, 2.05) is 24.3 Å². The summed E-state index contributed by atoms with van der Waals surface area (Å²) in [5, 5.41) is 16.8. The average Bonchev–Trinajstić information content (AvgIpc) is 2.14. The molecule has 1 rings (SSSR count). The lowest BCUT2D eigenvalue weighted by Gasteiger charge is -2.10. The first-order valence-electron chi connectivity index (χ1n) is 4.36. The highest BCUT2D eigenvalue weighted by atomic mass is 75.9. The van der Waals surface area contributed by atoms with Gasteiger partial charge in [0.15, 0.2) is 0 Å². The highest BCUT2D eigenvalue weighted by molar-refractivity contribution is 9.10. The number of nitrogens with two attached hydrogens (primary N) is 1. The molecule has 0 amide bonds. The molecule has 0 radical (unpaired) electrons. The Morgan fingerprint density at radius 2 is 2.29 bits per heavy atom. The van der Waals surface area contributed by atoms with Crippen LogP contribution in [-0.2, 0) is 0 Å². The largest absolute Gasteiger partial charge is 0.388 e. The van der Waals surface area contributed by atoms with Gasteiger partial charge >= 0.3 is 0 Å². The molecule has 0 spiro atoms. The van der Waals surface area contributed by atoms with Gasteiger partial charge in [-0.3, -0.25) is 5.41 Å². The highest BCUT2D eigenvalue weighted by Crippen LogP contribution is 2.21. The molecule has 0 unspecified atom stereocenters. The van der Waals surface area contributed by atoms with Gasteiger partial charge in [-0.15, -0.1) is 0 Å². The van der Waals surface area contributed by atoms with Gasteiger partial charge in [0.2, 0.25) is 0 Å².